The molecule has 118 valence electrons. The highest BCUT2D eigenvalue weighted by Gasteiger charge is 2.38. The minimum absolute atomic E-state index is 0.121. The Bertz CT molecular complexity index is 441. The number of Topliss-reactive ketones (excluding diaryl/α,β-unsaturated/α-hetero) is 1. The molecule has 0 N–H and O–H groups in total. The Morgan fingerprint density at radius 3 is 2.43 bits per heavy atom. The molecule has 1 saturated carbocycles. The lowest BCUT2D eigenvalue weighted by atomic mass is 9.73. The van der Waals surface area contributed by atoms with E-state index >= 15 is 0 Å². The zero-order valence-corrected chi connectivity index (χ0v) is 14.7. The van der Waals surface area contributed by atoms with Gasteiger partial charge in [-0.3, -0.25) is 4.79 Å². The molecule has 1 fully saturated rings. The van der Waals surface area contributed by atoms with E-state index in [1.165, 1.54) is 19.3 Å². The first-order valence-electron chi connectivity index (χ1n) is 7.90. The van der Waals surface area contributed by atoms with Gasteiger partial charge in [0, 0.05) is 17.8 Å². The van der Waals surface area contributed by atoms with E-state index in [9.17, 15) is 9.59 Å². The second-order valence-corrected chi connectivity index (χ2v) is 8.18. The van der Waals surface area contributed by atoms with Crippen LogP contribution in [-0.4, -0.2) is 17.9 Å². The van der Waals surface area contributed by atoms with Crippen LogP contribution in [0.15, 0.2) is 10.6 Å². The van der Waals surface area contributed by atoms with Crippen LogP contribution < -0.4 is 0 Å². The van der Waals surface area contributed by atoms with E-state index in [-0.39, 0.29) is 29.2 Å². The maximum atomic E-state index is 12.5. The van der Waals surface area contributed by atoms with Crippen molar-refractivity contribution < 1.29 is 14.3 Å². The molecule has 1 aliphatic carbocycles. The standard InChI is InChI=1S/C17H25BrO3/c1-17(2,3)15(19)9-12(11-7-5-4-6-8-11)14-10-13(18)16(20)21-14/h10-12,14H,4-9H2,1-3H3/t12-,14-/m1/s1. The summed E-state index contributed by atoms with van der Waals surface area (Å²) in [6.07, 6.45) is 8.10. The highest BCUT2D eigenvalue weighted by molar-refractivity contribution is 9.12. The van der Waals surface area contributed by atoms with Gasteiger partial charge in [-0.1, -0.05) is 52.9 Å². The SMILES string of the molecule is CC(C)(C)C(=O)C[C@H](C1CCCCC1)[C@H]1C=C(Br)C(=O)O1. The lowest BCUT2D eigenvalue weighted by molar-refractivity contribution is -0.143. The largest absolute Gasteiger partial charge is 0.454 e. The molecule has 2 rings (SSSR count). The summed E-state index contributed by atoms with van der Waals surface area (Å²) >= 11 is 3.24. The van der Waals surface area contributed by atoms with Gasteiger partial charge in [-0.2, -0.15) is 0 Å². The van der Waals surface area contributed by atoms with Crippen LogP contribution in [-0.2, 0) is 14.3 Å². The molecular weight excluding hydrogens is 332 g/mol. The zero-order valence-electron chi connectivity index (χ0n) is 13.2. The van der Waals surface area contributed by atoms with Crippen molar-refractivity contribution in [3.63, 3.8) is 0 Å². The van der Waals surface area contributed by atoms with Gasteiger partial charge in [0.25, 0.3) is 0 Å². The highest BCUT2D eigenvalue weighted by Crippen LogP contribution is 2.39. The van der Waals surface area contributed by atoms with E-state index in [1.807, 2.05) is 26.8 Å². The molecule has 0 aromatic rings. The number of ketones is 1. The molecule has 2 aliphatic rings. The quantitative estimate of drug-likeness (QED) is 0.701. The van der Waals surface area contributed by atoms with Crippen molar-refractivity contribution in [2.75, 3.05) is 0 Å². The summed E-state index contributed by atoms with van der Waals surface area (Å²) in [5.41, 5.74) is -0.337. The van der Waals surface area contributed by atoms with Crippen LogP contribution in [0.25, 0.3) is 0 Å². The smallest absolute Gasteiger partial charge is 0.345 e. The summed E-state index contributed by atoms with van der Waals surface area (Å²) in [4.78, 5) is 24.1. The molecule has 0 spiro atoms. The van der Waals surface area contributed by atoms with Gasteiger partial charge in [-0.25, -0.2) is 4.79 Å². The van der Waals surface area contributed by atoms with Gasteiger partial charge in [0.2, 0.25) is 0 Å². The molecule has 0 radical (unpaired) electrons. The van der Waals surface area contributed by atoms with E-state index in [0.29, 0.717) is 16.8 Å². The molecule has 21 heavy (non-hydrogen) atoms. The van der Waals surface area contributed by atoms with Crippen molar-refractivity contribution in [2.45, 2.75) is 65.4 Å². The second-order valence-electron chi connectivity index (χ2n) is 7.32. The van der Waals surface area contributed by atoms with Crippen LogP contribution >= 0.6 is 15.9 Å². The first kappa shape index (κ1) is 16.7. The second kappa shape index (κ2) is 6.64. The topological polar surface area (TPSA) is 43.4 Å². The number of rotatable bonds is 4. The van der Waals surface area contributed by atoms with Gasteiger partial charge in [-0.15, -0.1) is 0 Å². The molecule has 0 aromatic carbocycles. The molecule has 0 aromatic heterocycles. The first-order valence-corrected chi connectivity index (χ1v) is 8.70. The van der Waals surface area contributed by atoms with Gasteiger partial charge in [-0.05, 0) is 27.9 Å². The maximum absolute atomic E-state index is 12.5. The summed E-state index contributed by atoms with van der Waals surface area (Å²) in [6.45, 7) is 5.87. The lowest BCUT2D eigenvalue weighted by Crippen LogP contribution is -2.34. The molecular formula is C17H25BrO3. The Kier molecular flexibility index (Phi) is 5.29. The van der Waals surface area contributed by atoms with Crippen molar-refractivity contribution in [1.29, 1.82) is 0 Å². The van der Waals surface area contributed by atoms with Crippen LogP contribution in [0, 0.1) is 17.3 Å². The third-order valence-electron chi connectivity index (χ3n) is 4.68. The number of carbonyl (C=O) groups is 2. The predicted molar refractivity (Wildman–Crippen MR) is 86.0 cm³/mol. The van der Waals surface area contributed by atoms with E-state index in [2.05, 4.69) is 15.9 Å². The molecule has 4 heteroatoms. The molecule has 1 aliphatic heterocycles. The lowest BCUT2D eigenvalue weighted by Gasteiger charge is -2.34. The van der Waals surface area contributed by atoms with Crippen LogP contribution in [0.3, 0.4) is 0 Å². The number of halogens is 1. The number of cyclic esters (lactones) is 1. The fraction of sp³-hybridized carbons (Fsp3) is 0.765. The van der Waals surface area contributed by atoms with Gasteiger partial charge in [0.05, 0.1) is 0 Å². The average molecular weight is 357 g/mol. The molecule has 0 amide bonds. The predicted octanol–water partition coefficient (Wildman–Crippen LogP) is 4.39. The number of hydrogen-bond donors (Lipinski definition) is 0. The number of ether oxygens (including phenoxy) is 1. The fourth-order valence-corrected chi connectivity index (χ4v) is 3.62. The molecule has 0 saturated heterocycles. The van der Waals surface area contributed by atoms with Gasteiger partial charge in [0.15, 0.2) is 0 Å². The molecule has 0 unspecified atom stereocenters. The monoisotopic (exact) mass is 356 g/mol. The summed E-state index contributed by atoms with van der Waals surface area (Å²) in [7, 11) is 0. The van der Waals surface area contributed by atoms with E-state index < -0.39 is 0 Å². The van der Waals surface area contributed by atoms with E-state index in [4.69, 9.17) is 4.74 Å². The number of hydrogen-bond acceptors (Lipinski definition) is 3. The first-order chi connectivity index (χ1) is 9.79. The Balaban J connectivity index is 2.14. The molecule has 1 heterocycles. The Hall–Kier alpha value is -0.640. The van der Waals surface area contributed by atoms with Crippen molar-refractivity contribution in [3.8, 4) is 0 Å². The minimum atomic E-state index is -0.337. The Morgan fingerprint density at radius 2 is 1.95 bits per heavy atom. The third-order valence-corrected chi connectivity index (χ3v) is 5.27. The minimum Gasteiger partial charge on any atom is -0.454 e. The van der Waals surface area contributed by atoms with Crippen LogP contribution in [0.1, 0.15) is 59.3 Å². The van der Waals surface area contributed by atoms with Crippen molar-refractivity contribution >= 4 is 27.7 Å². The molecule has 3 nitrogen and oxygen atoms in total. The average Bonchev–Trinajstić information content (AvgIpc) is 2.75. The van der Waals surface area contributed by atoms with Crippen LogP contribution in [0.4, 0.5) is 0 Å². The molecule has 0 bridgehead atoms. The van der Waals surface area contributed by atoms with E-state index in [1.54, 1.807) is 0 Å². The van der Waals surface area contributed by atoms with Crippen LogP contribution in [0.2, 0.25) is 0 Å². The summed E-state index contributed by atoms with van der Waals surface area (Å²) in [6, 6.07) is 0. The van der Waals surface area contributed by atoms with Crippen molar-refractivity contribution in [3.05, 3.63) is 10.6 Å². The normalized spacial score (nSPS) is 25.4. The summed E-state index contributed by atoms with van der Waals surface area (Å²) in [5.74, 6) is 0.558. The Labute approximate surface area is 135 Å². The summed E-state index contributed by atoms with van der Waals surface area (Å²) < 4.78 is 5.97. The van der Waals surface area contributed by atoms with Gasteiger partial charge < -0.3 is 4.74 Å². The van der Waals surface area contributed by atoms with Crippen molar-refractivity contribution in [1.82, 2.24) is 0 Å². The Morgan fingerprint density at radius 1 is 1.33 bits per heavy atom. The van der Waals surface area contributed by atoms with E-state index in [0.717, 1.165) is 12.8 Å². The molecule has 2 atom stereocenters. The fourth-order valence-electron chi connectivity index (χ4n) is 3.27. The van der Waals surface area contributed by atoms with Crippen molar-refractivity contribution in [2.24, 2.45) is 17.3 Å². The van der Waals surface area contributed by atoms with Gasteiger partial charge in [0.1, 0.15) is 16.4 Å². The van der Waals surface area contributed by atoms with Crippen LogP contribution in [0.5, 0.6) is 0 Å². The number of esters is 1. The highest BCUT2D eigenvalue weighted by atomic mass is 79.9. The summed E-state index contributed by atoms with van der Waals surface area (Å²) in [5, 5.41) is 0. The third kappa shape index (κ3) is 4.18. The number of carbonyl (C=O) groups excluding carboxylic acids is 2. The maximum Gasteiger partial charge on any atom is 0.345 e. The zero-order chi connectivity index (χ0) is 15.6. The van der Waals surface area contributed by atoms with Gasteiger partial charge >= 0.3 is 5.97 Å².